The molecule has 0 atom stereocenters. The fourth-order valence-corrected chi connectivity index (χ4v) is 1.93. The van der Waals surface area contributed by atoms with E-state index < -0.39 is 0 Å². The Morgan fingerprint density at radius 3 is 1.36 bits per heavy atom. The van der Waals surface area contributed by atoms with Crippen LogP contribution in [0.1, 0.15) is 0 Å². The summed E-state index contributed by atoms with van der Waals surface area (Å²) in [5, 5.41) is 0.194. The quantitative estimate of drug-likeness (QED) is 0.434. The second-order valence-corrected chi connectivity index (χ2v) is 4.83. The van der Waals surface area contributed by atoms with Crippen LogP contribution in [0.2, 0.25) is 0 Å². The number of hydrogen-bond donors (Lipinski definition) is 2. The van der Waals surface area contributed by atoms with Gasteiger partial charge in [0.2, 0.25) is 0 Å². The first-order valence-corrected chi connectivity index (χ1v) is 6.65. The van der Waals surface area contributed by atoms with Gasteiger partial charge in [0.15, 0.2) is 0 Å². The lowest BCUT2D eigenvalue weighted by atomic mass is 10.8. The molecular formula is C5H14Cl2N2S2. The van der Waals surface area contributed by atoms with E-state index in [4.69, 9.17) is 34.7 Å². The molecule has 0 heterocycles. The molecule has 2 nitrogen and oxygen atoms in total. The lowest BCUT2D eigenvalue weighted by Gasteiger charge is -1.93. The minimum absolute atomic E-state index is 0.194. The van der Waals surface area contributed by atoms with Crippen molar-refractivity contribution in [2.45, 2.75) is 0 Å². The molecule has 0 bridgehead atoms. The van der Waals surface area contributed by atoms with Gasteiger partial charge in [-0.1, -0.05) is 21.6 Å². The van der Waals surface area contributed by atoms with E-state index in [2.05, 4.69) is 0 Å². The van der Waals surface area contributed by atoms with Gasteiger partial charge in [0, 0.05) is 24.6 Å². The van der Waals surface area contributed by atoms with Gasteiger partial charge in [-0.25, -0.2) is 0 Å². The van der Waals surface area contributed by atoms with Gasteiger partial charge in [0.05, 0.1) is 5.34 Å². The van der Waals surface area contributed by atoms with Crippen LogP contribution in [0.3, 0.4) is 0 Å². The highest BCUT2D eigenvalue weighted by atomic mass is 35.5. The molecule has 0 saturated heterocycles. The Hall–Kier alpha value is 1.20. The summed E-state index contributed by atoms with van der Waals surface area (Å²) >= 11 is 9.53. The standard InChI is InChI=1S/C4H12N2S2.CH2Cl2/c5-1-3-7-8-4-2-6;2-1-3/h1-6H2;1H2. The summed E-state index contributed by atoms with van der Waals surface area (Å²) in [5.74, 6) is 2.06. The fourth-order valence-electron chi connectivity index (χ4n) is 0.214. The van der Waals surface area contributed by atoms with Crippen LogP contribution in [-0.4, -0.2) is 29.9 Å². The topological polar surface area (TPSA) is 52.0 Å². The van der Waals surface area contributed by atoms with Crippen molar-refractivity contribution in [1.82, 2.24) is 0 Å². The maximum Gasteiger partial charge on any atom is 0.0967 e. The average molecular weight is 237 g/mol. The van der Waals surface area contributed by atoms with Crippen LogP contribution in [-0.2, 0) is 0 Å². The first-order chi connectivity index (χ1) is 5.33. The Balaban J connectivity index is 0. The molecule has 0 aromatic rings. The third-order valence-electron chi connectivity index (χ3n) is 0.486. The molecule has 70 valence electrons. The van der Waals surface area contributed by atoms with Gasteiger partial charge in [-0.15, -0.1) is 23.2 Å². The molecule has 0 aliphatic heterocycles. The molecule has 0 rings (SSSR count). The van der Waals surface area contributed by atoms with Gasteiger partial charge in [-0.3, -0.25) is 0 Å². The normalized spacial score (nSPS) is 8.73. The Morgan fingerprint density at radius 1 is 0.909 bits per heavy atom. The zero-order valence-electron chi connectivity index (χ0n) is 6.26. The van der Waals surface area contributed by atoms with E-state index >= 15 is 0 Å². The predicted octanol–water partition coefficient (Wildman–Crippen LogP) is 1.71. The summed E-state index contributed by atoms with van der Waals surface area (Å²) in [6.45, 7) is 1.53. The number of hydrogen-bond acceptors (Lipinski definition) is 4. The summed E-state index contributed by atoms with van der Waals surface area (Å²) in [7, 11) is 3.58. The molecule has 4 N–H and O–H groups in total. The van der Waals surface area contributed by atoms with Gasteiger partial charge < -0.3 is 11.5 Å². The van der Waals surface area contributed by atoms with Gasteiger partial charge in [-0.2, -0.15) is 0 Å². The van der Waals surface area contributed by atoms with Crippen molar-refractivity contribution in [3.05, 3.63) is 0 Å². The van der Waals surface area contributed by atoms with Crippen molar-refractivity contribution in [2.24, 2.45) is 11.5 Å². The van der Waals surface area contributed by atoms with E-state index in [1.165, 1.54) is 0 Å². The molecule has 0 amide bonds. The van der Waals surface area contributed by atoms with E-state index in [-0.39, 0.29) is 5.34 Å². The molecule has 0 unspecified atom stereocenters. The maximum atomic E-state index is 5.25. The highest BCUT2D eigenvalue weighted by Gasteiger charge is 1.84. The van der Waals surface area contributed by atoms with Crippen molar-refractivity contribution in [3.8, 4) is 0 Å². The number of nitrogens with two attached hydrogens (primary N) is 2. The van der Waals surface area contributed by atoms with Crippen molar-refractivity contribution in [1.29, 1.82) is 0 Å². The Morgan fingerprint density at radius 2 is 1.18 bits per heavy atom. The van der Waals surface area contributed by atoms with Crippen LogP contribution in [0, 0.1) is 0 Å². The largest absolute Gasteiger partial charge is 0.330 e. The smallest absolute Gasteiger partial charge is 0.0967 e. The molecule has 0 spiro atoms. The van der Waals surface area contributed by atoms with Gasteiger partial charge >= 0.3 is 0 Å². The SMILES string of the molecule is ClCCl.NCCSSCCN. The third-order valence-corrected chi connectivity index (χ3v) is 2.96. The van der Waals surface area contributed by atoms with Crippen molar-refractivity contribution < 1.29 is 0 Å². The van der Waals surface area contributed by atoms with Crippen molar-refractivity contribution in [3.63, 3.8) is 0 Å². The van der Waals surface area contributed by atoms with Crippen LogP contribution >= 0.6 is 44.8 Å². The van der Waals surface area contributed by atoms with Crippen LogP contribution in [0.4, 0.5) is 0 Å². The number of halogens is 2. The molecule has 6 heteroatoms. The molecule has 0 aliphatic rings. The summed E-state index contributed by atoms with van der Waals surface area (Å²) in [5.41, 5.74) is 10.5. The Labute approximate surface area is 86.1 Å². The van der Waals surface area contributed by atoms with E-state index in [9.17, 15) is 0 Å². The fraction of sp³-hybridized carbons (Fsp3) is 1.00. The summed E-state index contributed by atoms with van der Waals surface area (Å²) < 4.78 is 0. The molecule has 0 fully saturated rings. The molecular weight excluding hydrogens is 223 g/mol. The average Bonchev–Trinajstić information content (AvgIpc) is 2.00. The van der Waals surface area contributed by atoms with Crippen molar-refractivity contribution >= 4 is 44.8 Å². The Bertz CT molecular complexity index is 53.7. The molecule has 11 heavy (non-hydrogen) atoms. The molecule has 0 aromatic heterocycles. The predicted molar refractivity (Wildman–Crippen MR) is 59.6 cm³/mol. The molecule has 0 aliphatic carbocycles. The van der Waals surface area contributed by atoms with Gasteiger partial charge in [-0.05, 0) is 0 Å². The number of rotatable bonds is 5. The van der Waals surface area contributed by atoms with E-state index in [0.29, 0.717) is 0 Å². The van der Waals surface area contributed by atoms with E-state index in [1.807, 2.05) is 0 Å². The summed E-state index contributed by atoms with van der Waals surface area (Å²) in [4.78, 5) is 0. The highest BCUT2D eigenvalue weighted by molar-refractivity contribution is 8.76. The van der Waals surface area contributed by atoms with Crippen LogP contribution in [0.5, 0.6) is 0 Å². The second-order valence-electron chi connectivity index (χ2n) is 1.32. The first kappa shape index (κ1) is 14.7. The minimum Gasteiger partial charge on any atom is -0.330 e. The number of alkyl halides is 2. The first-order valence-electron chi connectivity index (χ1n) is 3.10. The molecule has 0 radical (unpaired) electrons. The lowest BCUT2D eigenvalue weighted by Crippen LogP contribution is -2.02. The van der Waals surface area contributed by atoms with Crippen LogP contribution in [0.15, 0.2) is 0 Å². The molecule has 0 aromatic carbocycles. The third kappa shape index (κ3) is 24.7. The van der Waals surface area contributed by atoms with Crippen molar-refractivity contribution in [2.75, 3.05) is 29.9 Å². The monoisotopic (exact) mass is 236 g/mol. The van der Waals surface area contributed by atoms with Gasteiger partial charge in [0.1, 0.15) is 0 Å². The van der Waals surface area contributed by atoms with Crippen LogP contribution < -0.4 is 11.5 Å². The Kier molecular flexibility index (Phi) is 23.2. The zero-order chi connectivity index (χ0) is 8.95. The van der Waals surface area contributed by atoms with E-state index in [0.717, 1.165) is 24.6 Å². The zero-order valence-corrected chi connectivity index (χ0v) is 9.41. The minimum atomic E-state index is 0.194. The second kappa shape index (κ2) is 17.3. The lowest BCUT2D eigenvalue weighted by molar-refractivity contribution is 1.15. The summed E-state index contributed by atoms with van der Waals surface area (Å²) in [6, 6.07) is 0. The highest BCUT2D eigenvalue weighted by Crippen LogP contribution is 2.18. The summed E-state index contributed by atoms with van der Waals surface area (Å²) in [6.07, 6.45) is 0. The van der Waals surface area contributed by atoms with Crippen LogP contribution in [0.25, 0.3) is 0 Å². The van der Waals surface area contributed by atoms with E-state index in [1.54, 1.807) is 21.6 Å². The van der Waals surface area contributed by atoms with Gasteiger partial charge in [0.25, 0.3) is 0 Å². The molecule has 0 saturated carbocycles. The maximum absolute atomic E-state index is 5.25.